The van der Waals surface area contributed by atoms with Crippen LogP contribution in [0.4, 0.5) is 10.9 Å². The topological polar surface area (TPSA) is 146 Å². The number of amides is 2. The molecular formula is C17H22N6O4S. The van der Waals surface area contributed by atoms with Crippen molar-refractivity contribution in [1.29, 1.82) is 0 Å². The normalized spacial score (nSPS) is 16.5. The van der Waals surface area contributed by atoms with Crippen molar-refractivity contribution in [2.24, 2.45) is 17.1 Å². The molecule has 2 aromatic heterocycles. The lowest BCUT2D eigenvalue weighted by Crippen LogP contribution is -2.27. The summed E-state index contributed by atoms with van der Waals surface area (Å²) < 4.78 is 1.07. The Morgan fingerprint density at radius 3 is 2.75 bits per heavy atom. The van der Waals surface area contributed by atoms with E-state index in [4.69, 9.17) is 5.73 Å². The molecule has 0 saturated carbocycles. The molecule has 1 aliphatic rings. The van der Waals surface area contributed by atoms with Gasteiger partial charge in [0.05, 0.1) is 5.56 Å². The zero-order valence-corrected chi connectivity index (χ0v) is 16.7. The standard InChI is InChI=1S/C17H22N6O4S/c1-17(2,3)9-4-5-10-11(6-9)28-15(13(10)14(18)25)20-12(24)7-22-8-19-16(21-22)23(26)27/h8-9H,4-7H2,1-3H3,(H2,18,25)(H,20,24)/t9-/m0/s1. The van der Waals surface area contributed by atoms with Crippen LogP contribution in [0.25, 0.3) is 0 Å². The molecule has 0 aromatic carbocycles. The summed E-state index contributed by atoms with van der Waals surface area (Å²) in [4.78, 5) is 38.9. The third-order valence-corrected chi connectivity index (χ3v) is 6.15. The van der Waals surface area contributed by atoms with Gasteiger partial charge in [-0.25, -0.2) is 0 Å². The number of nitro groups is 1. The van der Waals surface area contributed by atoms with Gasteiger partial charge in [-0.05, 0) is 41.1 Å². The van der Waals surface area contributed by atoms with Gasteiger partial charge in [0.25, 0.3) is 5.91 Å². The maximum atomic E-state index is 12.4. The second-order valence-corrected chi connectivity index (χ2v) is 9.03. The first kappa shape index (κ1) is 19.9. The van der Waals surface area contributed by atoms with Gasteiger partial charge >= 0.3 is 5.95 Å². The summed E-state index contributed by atoms with van der Waals surface area (Å²) in [6, 6.07) is 0. The first-order valence-electron chi connectivity index (χ1n) is 8.84. The monoisotopic (exact) mass is 406 g/mol. The van der Waals surface area contributed by atoms with Crippen molar-refractivity contribution in [3.63, 3.8) is 0 Å². The van der Waals surface area contributed by atoms with Gasteiger partial charge in [0.1, 0.15) is 11.5 Å². The molecule has 3 rings (SSSR count). The number of anilines is 1. The fraction of sp³-hybridized carbons (Fsp3) is 0.529. The van der Waals surface area contributed by atoms with Crippen molar-refractivity contribution in [1.82, 2.24) is 14.8 Å². The highest BCUT2D eigenvalue weighted by molar-refractivity contribution is 7.17. The maximum Gasteiger partial charge on any atom is 0.490 e. The van der Waals surface area contributed by atoms with Gasteiger partial charge in [0, 0.05) is 9.98 Å². The van der Waals surface area contributed by atoms with Crippen molar-refractivity contribution in [2.75, 3.05) is 5.32 Å². The number of primary amides is 1. The number of nitrogens with one attached hydrogen (secondary N) is 1. The Kier molecular flexibility index (Phi) is 5.20. The van der Waals surface area contributed by atoms with Crippen LogP contribution >= 0.6 is 11.3 Å². The molecule has 0 aliphatic heterocycles. The van der Waals surface area contributed by atoms with E-state index in [2.05, 4.69) is 36.2 Å². The second kappa shape index (κ2) is 7.30. The minimum absolute atomic E-state index is 0.153. The van der Waals surface area contributed by atoms with E-state index in [1.165, 1.54) is 11.3 Å². The van der Waals surface area contributed by atoms with Gasteiger partial charge in [0.15, 0.2) is 0 Å². The highest BCUT2D eigenvalue weighted by Gasteiger charge is 2.33. The van der Waals surface area contributed by atoms with Crippen LogP contribution in [0.3, 0.4) is 0 Å². The number of nitrogens with zero attached hydrogens (tertiary/aromatic N) is 4. The van der Waals surface area contributed by atoms with E-state index in [0.29, 0.717) is 16.5 Å². The Hall–Kier alpha value is -2.82. The summed E-state index contributed by atoms with van der Waals surface area (Å²) in [5, 5.41) is 17.4. The van der Waals surface area contributed by atoms with Crippen molar-refractivity contribution in [3.05, 3.63) is 32.4 Å². The van der Waals surface area contributed by atoms with E-state index in [-0.39, 0.29) is 12.0 Å². The van der Waals surface area contributed by atoms with Crippen LogP contribution < -0.4 is 11.1 Å². The molecule has 3 N–H and O–H groups in total. The fourth-order valence-corrected chi connectivity index (χ4v) is 4.78. The minimum Gasteiger partial charge on any atom is -0.390 e. The number of hydrogen-bond donors (Lipinski definition) is 2. The number of carbonyl (C=O) groups is 2. The lowest BCUT2D eigenvalue weighted by atomic mass is 9.72. The second-order valence-electron chi connectivity index (χ2n) is 7.93. The number of rotatable bonds is 5. The molecule has 2 heterocycles. The summed E-state index contributed by atoms with van der Waals surface area (Å²) in [5.41, 5.74) is 7.02. The molecule has 1 aliphatic carbocycles. The molecule has 0 radical (unpaired) electrons. The van der Waals surface area contributed by atoms with E-state index in [9.17, 15) is 19.7 Å². The Balaban J connectivity index is 1.80. The van der Waals surface area contributed by atoms with Crippen molar-refractivity contribution in [2.45, 2.75) is 46.6 Å². The fourth-order valence-electron chi connectivity index (χ4n) is 3.43. The molecule has 0 saturated heterocycles. The minimum atomic E-state index is -0.738. The average Bonchev–Trinajstić information content (AvgIpc) is 3.17. The highest BCUT2D eigenvalue weighted by Crippen LogP contribution is 2.44. The molecule has 2 amide bonds. The highest BCUT2D eigenvalue weighted by atomic mass is 32.1. The molecule has 0 bridgehead atoms. The quantitative estimate of drug-likeness (QED) is 0.574. The van der Waals surface area contributed by atoms with Crippen molar-refractivity contribution in [3.8, 4) is 0 Å². The summed E-state index contributed by atoms with van der Waals surface area (Å²) in [7, 11) is 0. The van der Waals surface area contributed by atoms with Gasteiger partial charge in [-0.15, -0.1) is 11.3 Å². The molecule has 0 fully saturated rings. The van der Waals surface area contributed by atoms with Gasteiger partial charge in [-0.1, -0.05) is 25.8 Å². The number of aromatic nitrogens is 3. The van der Waals surface area contributed by atoms with Crippen molar-refractivity contribution >= 4 is 34.1 Å². The van der Waals surface area contributed by atoms with Gasteiger partial charge in [0.2, 0.25) is 12.2 Å². The maximum absolute atomic E-state index is 12.4. The molecule has 2 aromatic rings. The number of thiophene rings is 1. The average molecular weight is 406 g/mol. The third-order valence-electron chi connectivity index (χ3n) is 4.98. The van der Waals surface area contributed by atoms with Gasteiger partial charge in [-0.2, -0.15) is 4.68 Å². The number of carbonyl (C=O) groups excluding carboxylic acids is 2. The third kappa shape index (κ3) is 4.03. The molecule has 11 heteroatoms. The van der Waals surface area contributed by atoms with E-state index < -0.39 is 22.7 Å². The van der Waals surface area contributed by atoms with Crippen LogP contribution in [0, 0.1) is 21.4 Å². The summed E-state index contributed by atoms with van der Waals surface area (Å²) in [6.45, 7) is 6.34. The largest absolute Gasteiger partial charge is 0.490 e. The molecule has 150 valence electrons. The van der Waals surface area contributed by atoms with Crippen LogP contribution in [0.15, 0.2) is 6.33 Å². The summed E-state index contributed by atoms with van der Waals surface area (Å²) >= 11 is 1.37. The van der Waals surface area contributed by atoms with E-state index in [0.717, 1.165) is 40.7 Å². The van der Waals surface area contributed by atoms with Crippen LogP contribution in [0.5, 0.6) is 0 Å². The zero-order valence-electron chi connectivity index (χ0n) is 15.9. The van der Waals surface area contributed by atoms with E-state index in [1.54, 1.807) is 0 Å². The molecule has 10 nitrogen and oxygen atoms in total. The SMILES string of the molecule is CC(C)(C)[C@H]1CCc2c(sc(NC(=O)Cn3cnc([N+](=O)[O-])n3)c2C(N)=O)C1. The summed E-state index contributed by atoms with van der Waals surface area (Å²) in [6.07, 6.45) is 3.66. The van der Waals surface area contributed by atoms with Crippen LogP contribution in [0.2, 0.25) is 0 Å². The van der Waals surface area contributed by atoms with E-state index >= 15 is 0 Å². The van der Waals surface area contributed by atoms with Crippen molar-refractivity contribution < 1.29 is 14.5 Å². The Bertz CT molecular complexity index is 942. The van der Waals surface area contributed by atoms with E-state index in [1.807, 2.05) is 0 Å². The Morgan fingerprint density at radius 1 is 1.46 bits per heavy atom. The molecule has 1 atom stereocenters. The number of nitrogens with two attached hydrogens (primary N) is 1. The lowest BCUT2D eigenvalue weighted by molar-refractivity contribution is -0.394. The Labute approximate surface area is 165 Å². The first-order valence-corrected chi connectivity index (χ1v) is 9.66. The molecular weight excluding hydrogens is 384 g/mol. The Morgan fingerprint density at radius 2 is 2.18 bits per heavy atom. The smallest absolute Gasteiger partial charge is 0.390 e. The van der Waals surface area contributed by atoms with Gasteiger partial charge in [-0.3, -0.25) is 9.59 Å². The van der Waals surface area contributed by atoms with Gasteiger partial charge < -0.3 is 21.2 Å². The molecule has 0 unspecified atom stereocenters. The summed E-state index contributed by atoms with van der Waals surface area (Å²) in [5.74, 6) is -1.13. The molecule has 28 heavy (non-hydrogen) atoms. The number of fused-ring (bicyclic) bond motifs is 1. The predicted molar refractivity (Wildman–Crippen MR) is 103 cm³/mol. The number of hydrogen-bond acceptors (Lipinski definition) is 7. The molecule has 0 spiro atoms. The van der Waals surface area contributed by atoms with Crippen LogP contribution in [-0.4, -0.2) is 31.5 Å². The van der Waals surface area contributed by atoms with Crippen LogP contribution in [-0.2, 0) is 24.2 Å². The first-order chi connectivity index (χ1) is 13.1. The van der Waals surface area contributed by atoms with Crippen LogP contribution in [0.1, 0.15) is 48.0 Å². The predicted octanol–water partition coefficient (Wildman–Crippen LogP) is 2.14. The zero-order chi connectivity index (χ0) is 20.6. The lowest BCUT2D eigenvalue weighted by Gasteiger charge is -2.33.